The van der Waals surface area contributed by atoms with Gasteiger partial charge >= 0.3 is 0 Å². The smallest absolute Gasteiger partial charge is 0.0130 e. The Bertz CT molecular complexity index is 120. The second kappa shape index (κ2) is 5.27. The third-order valence-corrected chi connectivity index (χ3v) is 2.28. The van der Waals surface area contributed by atoms with Crippen molar-refractivity contribution < 1.29 is 0 Å². The molecule has 0 aromatic heterocycles. The van der Waals surface area contributed by atoms with E-state index in [1.807, 2.05) is 0 Å². The Labute approximate surface area is 105 Å². The Morgan fingerprint density at radius 3 is 1.42 bits per heavy atom. The maximum Gasteiger partial charge on any atom is 0.0130 e. The van der Waals surface area contributed by atoms with Crippen molar-refractivity contribution in [1.29, 1.82) is 0 Å². The molecule has 1 aliphatic heterocycles. The van der Waals surface area contributed by atoms with E-state index in [9.17, 15) is 0 Å². The number of nitrogens with one attached hydrogen (secondary N) is 1. The van der Waals surface area contributed by atoms with Gasteiger partial charge < -0.3 is 5.32 Å². The predicted octanol–water partition coefficient (Wildman–Crippen LogP) is 1.56. The molecule has 0 bridgehead atoms. The summed E-state index contributed by atoms with van der Waals surface area (Å²) in [6.45, 7) is 9.14. The van der Waals surface area contributed by atoms with Gasteiger partial charge in [-0.1, -0.05) is 0 Å². The first-order valence-corrected chi connectivity index (χ1v) is 4.21. The molecule has 1 saturated heterocycles. The van der Waals surface area contributed by atoms with Gasteiger partial charge in [-0.3, -0.25) is 0 Å². The molecule has 1 heterocycles. The zero-order valence-electron chi connectivity index (χ0n) is 9.33. The van der Waals surface area contributed by atoms with Gasteiger partial charge in [-0.2, -0.15) is 0 Å². The molecule has 1 rings (SSSR count). The molecule has 0 unspecified atom stereocenters. The molecule has 0 spiro atoms. The van der Waals surface area contributed by atoms with Crippen LogP contribution in [0.3, 0.4) is 0 Å². The van der Waals surface area contributed by atoms with Crippen molar-refractivity contribution in [2.75, 3.05) is 0 Å². The quantitative estimate of drug-likeness (QED) is 0.547. The summed E-state index contributed by atoms with van der Waals surface area (Å²) in [5.41, 5.74) is 0.726. The molecule has 0 aromatic rings. The molecular weight excluding hydrogens is 153 g/mol. The molecule has 0 aromatic carbocycles. The van der Waals surface area contributed by atoms with Crippen molar-refractivity contribution in [3.63, 3.8) is 0 Å². The molecule has 12 heavy (non-hydrogen) atoms. The van der Waals surface area contributed by atoms with Gasteiger partial charge in [-0.05, 0) is 47.0 Å². The fourth-order valence-corrected chi connectivity index (χ4v) is 2.01. The zero-order valence-corrected chi connectivity index (χ0v) is 10.7. The van der Waals surface area contributed by atoms with Crippen molar-refractivity contribution in [2.24, 2.45) is 0 Å². The standard InChI is InChI=1S/C9H19N.Li.Mg/c1-8(2)6-5-7-9(3,4)10-8;;/h10H,5-7H2,1-4H3;;. The third-order valence-electron chi connectivity index (χ3n) is 2.28. The van der Waals surface area contributed by atoms with E-state index in [-0.39, 0.29) is 41.9 Å². The molecule has 0 aliphatic carbocycles. The first kappa shape index (κ1) is 15.8. The summed E-state index contributed by atoms with van der Waals surface area (Å²) in [5.74, 6) is 0. The van der Waals surface area contributed by atoms with Crippen molar-refractivity contribution in [3.05, 3.63) is 0 Å². The summed E-state index contributed by atoms with van der Waals surface area (Å²) >= 11 is 0. The molecule has 1 nitrogen and oxygen atoms in total. The van der Waals surface area contributed by atoms with E-state index in [4.69, 9.17) is 0 Å². The summed E-state index contributed by atoms with van der Waals surface area (Å²) in [7, 11) is 0. The average Bonchev–Trinajstić information content (AvgIpc) is 1.56. The van der Waals surface area contributed by atoms with E-state index in [1.54, 1.807) is 0 Å². The molecule has 0 amide bonds. The summed E-state index contributed by atoms with van der Waals surface area (Å²) in [5, 5.41) is 3.63. The van der Waals surface area contributed by atoms with Crippen molar-refractivity contribution in [3.8, 4) is 0 Å². The van der Waals surface area contributed by atoms with Crippen LogP contribution in [0, 0.1) is 0 Å². The summed E-state index contributed by atoms with van der Waals surface area (Å²) < 4.78 is 0. The number of piperidine rings is 1. The minimum atomic E-state index is 0. The minimum absolute atomic E-state index is 0. The second-order valence-corrected chi connectivity index (χ2v) is 4.75. The maximum absolute atomic E-state index is 3.63. The monoisotopic (exact) mass is 172 g/mol. The van der Waals surface area contributed by atoms with E-state index in [1.165, 1.54) is 19.3 Å². The van der Waals surface area contributed by atoms with Crippen LogP contribution in [-0.4, -0.2) is 53.0 Å². The summed E-state index contributed by atoms with van der Waals surface area (Å²) in [4.78, 5) is 0. The van der Waals surface area contributed by atoms with Crippen LogP contribution in [0.25, 0.3) is 0 Å². The van der Waals surface area contributed by atoms with E-state index < -0.39 is 0 Å². The third kappa shape index (κ3) is 5.14. The van der Waals surface area contributed by atoms with Gasteiger partial charge in [0, 0.05) is 53.0 Å². The van der Waals surface area contributed by atoms with Gasteiger partial charge in [0.2, 0.25) is 0 Å². The number of hydrogen-bond acceptors (Lipinski definition) is 1. The predicted molar refractivity (Wildman–Crippen MR) is 56.7 cm³/mol. The van der Waals surface area contributed by atoms with Crippen LogP contribution in [-0.2, 0) is 0 Å². The maximum atomic E-state index is 3.63. The van der Waals surface area contributed by atoms with Gasteiger partial charge in [-0.15, -0.1) is 0 Å². The van der Waals surface area contributed by atoms with Crippen LogP contribution in [0.4, 0.5) is 0 Å². The molecular formula is C9H19LiMgN. The Balaban J connectivity index is 0. The molecule has 1 fully saturated rings. The van der Waals surface area contributed by atoms with Crippen molar-refractivity contribution in [2.45, 2.75) is 58.0 Å². The molecule has 3 radical (unpaired) electrons. The SMILES string of the molecule is CC1(C)CCCC(C)(C)N1.[Li].[Mg]. The van der Waals surface area contributed by atoms with Crippen LogP contribution in [0.15, 0.2) is 0 Å². The topological polar surface area (TPSA) is 12.0 Å². The zero-order chi connectivity index (χ0) is 7.83. The Morgan fingerprint density at radius 2 is 1.25 bits per heavy atom. The summed E-state index contributed by atoms with van der Waals surface area (Å²) in [6, 6.07) is 0. The fraction of sp³-hybridized carbons (Fsp3) is 1.00. The van der Waals surface area contributed by atoms with Crippen molar-refractivity contribution >= 4 is 41.9 Å². The molecule has 0 atom stereocenters. The second-order valence-electron chi connectivity index (χ2n) is 4.75. The van der Waals surface area contributed by atoms with Gasteiger partial charge in [-0.25, -0.2) is 0 Å². The van der Waals surface area contributed by atoms with Crippen LogP contribution in [0.1, 0.15) is 47.0 Å². The molecule has 1 aliphatic rings. The van der Waals surface area contributed by atoms with E-state index >= 15 is 0 Å². The van der Waals surface area contributed by atoms with E-state index in [0.29, 0.717) is 11.1 Å². The van der Waals surface area contributed by atoms with E-state index in [0.717, 1.165) is 0 Å². The van der Waals surface area contributed by atoms with Gasteiger partial charge in [0.1, 0.15) is 0 Å². The molecule has 63 valence electrons. The van der Waals surface area contributed by atoms with Crippen LogP contribution >= 0.6 is 0 Å². The minimum Gasteiger partial charge on any atom is -0.307 e. The van der Waals surface area contributed by atoms with Gasteiger partial charge in [0.25, 0.3) is 0 Å². The van der Waals surface area contributed by atoms with Gasteiger partial charge in [0.15, 0.2) is 0 Å². The van der Waals surface area contributed by atoms with Crippen LogP contribution in [0.5, 0.6) is 0 Å². The average molecular weight is 173 g/mol. The first-order chi connectivity index (χ1) is 4.41. The molecule has 3 heteroatoms. The number of rotatable bonds is 0. The molecule has 1 N–H and O–H groups in total. The van der Waals surface area contributed by atoms with Crippen LogP contribution < -0.4 is 5.32 Å². The Hall–Kier alpha value is 1.32. The molecule has 0 saturated carbocycles. The Kier molecular flexibility index (Phi) is 6.92. The summed E-state index contributed by atoms with van der Waals surface area (Å²) in [6.07, 6.45) is 4.00. The first-order valence-electron chi connectivity index (χ1n) is 4.21. The Morgan fingerprint density at radius 1 is 0.917 bits per heavy atom. The van der Waals surface area contributed by atoms with Gasteiger partial charge in [0.05, 0.1) is 0 Å². The number of hydrogen-bond donors (Lipinski definition) is 1. The largest absolute Gasteiger partial charge is 0.307 e. The normalized spacial score (nSPS) is 25.0. The van der Waals surface area contributed by atoms with Crippen molar-refractivity contribution in [1.82, 2.24) is 5.32 Å². The van der Waals surface area contributed by atoms with Crippen LogP contribution in [0.2, 0.25) is 0 Å². The van der Waals surface area contributed by atoms with E-state index in [2.05, 4.69) is 33.0 Å². The fourth-order valence-electron chi connectivity index (χ4n) is 2.01.